The van der Waals surface area contributed by atoms with Gasteiger partial charge in [0.1, 0.15) is 5.82 Å². The molecule has 116 valence electrons. The lowest BCUT2D eigenvalue weighted by atomic mass is 9.95. The number of hydrogen-bond donors (Lipinski definition) is 0. The molecule has 3 rings (SSSR count). The van der Waals surface area contributed by atoms with Crippen molar-refractivity contribution in [2.75, 3.05) is 4.90 Å². The van der Waals surface area contributed by atoms with Gasteiger partial charge in [0.2, 0.25) is 0 Å². The van der Waals surface area contributed by atoms with Gasteiger partial charge in [0.15, 0.2) is 0 Å². The average molecular weight is 301 g/mol. The van der Waals surface area contributed by atoms with E-state index in [-0.39, 0.29) is 17.8 Å². The van der Waals surface area contributed by atoms with Gasteiger partial charge in [-0.15, -0.1) is 0 Å². The third-order valence-electron chi connectivity index (χ3n) is 4.43. The summed E-state index contributed by atoms with van der Waals surface area (Å²) in [5, 5.41) is 4.25. The van der Waals surface area contributed by atoms with Gasteiger partial charge in [-0.05, 0) is 57.4 Å². The van der Waals surface area contributed by atoms with Gasteiger partial charge in [0.25, 0.3) is 5.91 Å². The molecule has 0 fully saturated rings. The van der Waals surface area contributed by atoms with Crippen LogP contribution in [0.3, 0.4) is 0 Å². The van der Waals surface area contributed by atoms with Crippen LogP contribution in [0.15, 0.2) is 24.4 Å². The van der Waals surface area contributed by atoms with Crippen LogP contribution < -0.4 is 4.90 Å². The molecule has 2 heterocycles. The summed E-state index contributed by atoms with van der Waals surface area (Å²) in [5.41, 5.74) is 3.19. The zero-order valence-corrected chi connectivity index (χ0v) is 13.1. The highest BCUT2D eigenvalue weighted by Crippen LogP contribution is 2.32. The Balaban J connectivity index is 2.03. The molecule has 1 aliphatic rings. The van der Waals surface area contributed by atoms with Crippen LogP contribution in [0.25, 0.3) is 0 Å². The molecule has 0 saturated carbocycles. The fourth-order valence-electron chi connectivity index (χ4n) is 3.13. The molecule has 4 nitrogen and oxygen atoms in total. The lowest BCUT2D eigenvalue weighted by Crippen LogP contribution is -2.42. The van der Waals surface area contributed by atoms with E-state index in [9.17, 15) is 9.18 Å². The monoisotopic (exact) mass is 301 g/mol. The third kappa shape index (κ3) is 2.30. The smallest absolute Gasteiger partial charge is 0.261 e. The number of nitrogens with zero attached hydrogens (tertiary/aromatic N) is 3. The van der Waals surface area contributed by atoms with E-state index in [1.54, 1.807) is 17.2 Å². The highest BCUT2D eigenvalue weighted by atomic mass is 19.1. The Hall–Kier alpha value is -2.17. The largest absolute Gasteiger partial charge is 0.305 e. The van der Waals surface area contributed by atoms with Gasteiger partial charge in [-0.3, -0.25) is 9.48 Å². The number of amides is 1. The number of hydrogen-bond acceptors (Lipinski definition) is 2. The molecule has 0 radical (unpaired) electrons. The Morgan fingerprint density at radius 3 is 2.91 bits per heavy atom. The van der Waals surface area contributed by atoms with Crippen molar-refractivity contribution in [2.24, 2.45) is 0 Å². The summed E-state index contributed by atoms with van der Waals surface area (Å²) in [6.45, 7) is 6.67. The summed E-state index contributed by atoms with van der Waals surface area (Å²) >= 11 is 0. The minimum atomic E-state index is -0.254. The normalized spacial score (nSPS) is 17.5. The fraction of sp³-hybridized carbons (Fsp3) is 0.412. The van der Waals surface area contributed by atoms with Gasteiger partial charge in [0.05, 0.1) is 11.8 Å². The van der Waals surface area contributed by atoms with Gasteiger partial charge in [-0.1, -0.05) is 0 Å². The SMILES string of the molecule is CCn1ncc(C(=O)N2c3ccc(F)cc3CCC2C)c1C. The molecule has 0 aliphatic carbocycles. The molecule has 1 aromatic heterocycles. The summed E-state index contributed by atoms with van der Waals surface area (Å²) in [7, 11) is 0. The second kappa shape index (κ2) is 5.55. The number of rotatable bonds is 2. The highest BCUT2D eigenvalue weighted by Gasteiger charge is 2.30. The Bertz CT molecular complexity index is 723. The maximum atomic E-state index is 13.4. The molecule has 1 unspecified atom stereocenters. The number of carbonyl (C=O) groups excluding carboxylic acids is 1. The highest BCUT2D eigenvalue weighted by molar-refractivity contribution is 6.07. The number of fused-ring (bicyclic) bond motifs is 1. The van der Waals surface area contributed by atoms with Crippen molar-refractivity contribution in [1.29, 1.82) is 0 Å². The predicted octanol–water partition coefficient (Wildman–Crippen LogP) is 3.33. The first-order valence-corrected chi connectivity index (χ1v) is 7.67. The fourth-order valence-corrected chi connectivity index (χ4v) is 3.13. The quantitative estimate of drug-likeness (QED) is 0.853. The minimum absolute atomic E-state index is 0.0581. The lowest BCUT2D eigenvalue weighted by Gasteiger charge is -2.35. The maximum Gasteiger partial charge on any atom is 0.261 e. The van der Waals surface area contributed by atoms with Gasteiger partial charge in [-0.2, -0.15) is 5.10 Å². The van der Waals surface area contributed by atoms with E-state index < -0.39 is 0 Å². The van der Waals surface area contributed by atoms with E-state index in [4.69, 9.17) is 0 Å². The van der Waals surface area contributed by atoms with Crippen molar-refractivity contribution >= 4 is 11.6 Å². The Morgan fingerprint density at radius 2 is 2.23 bits per heavy atom. The molecule has 5 heteroatoms. The summed E-state index contributed by atoms with van der Waals surface area (Å²) < 4.78 is 15.3. The summed E-state index contributed by atoms with van der Waals surface area (Å²) in [6.07, 6.45) is 3.26. The van der Waals surface area contributed by atoms with E-state index in [1.165, 1.54) is 12.1 Å². The number of aryl methyl sites for hydroxylation is 2. The van der Waals surface area contributed by atoms with Crippen LogP contribution in [0.4, 0.5) is 10.1 Å². The first kappa shape index (κ1) is 14.8. The standard InChI is InChI=1S/C17H20FN3O/c1-4-20-12(3)15(10-19-20)17(22)21-11(2)5-6-13-9-14(18)7-8-16(13)21/h7-11H,4-6H2,1-3H3. The summed E-state index contributed by atoms with van der Waals surface area (Å²) in [6, 6.07) is 4.75. The molecule has 1 aliphatic heterocycles. The molecule has 0 spiro atoms. The van der Waals surface area contributed by atoms with E-state index in [1.807, 2.05) is 25.5 Å². The predicted molar refractivity (Wildman–Crippen MR) is 83.6 cm³/mol. The van der Waals surface area contributed by atoms with Crippen LogP contribution in [0.2, 0.25) is 0 Å². The summed E-state index contributed by atoms with van der Waals surface area (Å²) in [5.74, 6) is -0.312. The van der Waals surface area contributed by atoms with E-state index in [0.29, 0.717) is 5.56 Å². The first-order chi connectivity index (χ1) is 10.5. The first-order valence-electron chi connectivity index (χ1n) is 7.67. The van der Waals surface area contributed by atoms with Crippen molar-refractivity contribution in [3.8, 4) is 0 Å². The van der Waals surface area contributed by atoms with Crippen LogP contribution in [0.5, 0.6) is 0 Å². The zero-order valence-electron chi connectivity index (χ0n) is 13.1. The van der Waals surface area contributed by atoms with E-state index in [0.717, 1.165) is 36.3 Å². The molecule has 1 amide bonds. The van der Waals surface area contributed by atoms with E-state index >= 15 is 0 Å². The van der Waals surface area contributed by atoms with Crippen LogP contribution in [-0.4, -0.2) is 21.7 Å². The number of aromatic nitrogens is 2. The molecule has 1 aromatic carbocycles. The zero-order chi connectivity index (χ0) is 15.9. The lowest BCUT2D eigenvalue weighted by molar-refractivity contribution is 0.0974. The van der Waals surface area contributed by atoms with Crippen molar-refractivity contribution in [3.05, 3.63) is 47.0 Å². The molecular formula is C17H20FN3O. The van der Waals surface area contributed by atoms with Crippen molar-refractivity contribution in [1.82, 2.24) is 9.78 Å². The molecular weight excluding hydrogens is 281 g/mol. The van der Waals surface area contributed by atoms with Crippen LogP contribution >= 0.6 is 0 Å². The van der Waals surface area contributed by atoms with Crippen LogP contribution in [0.1, 0.15) is 41.9 Å². The Kier molecular flexibility index (Phi) is 3.72. The topological polar surface area (TPSA) is 38.1 Å². The minimum Gasteiger partial charge on any atom is -0.305 e. The van der Waals surface area contributed by atoms with Gasteiger partial charge < -0.3 is 4.90 Å². The van der Waals surface area contributed by atoms with Crippen molar-refractivity contribution in [3.63, 3.8) is 0 Å². The number of anilines is 1. The second-order valence-corrected chi connectivity index (χ2v) is 5.80. The average Bonchev–Trinajstić information content (AvgIpc) is 2.87. The summed E-state index contributed by atoms with van der Waals surface area (Å²) in [4.78, 5) is 14.8. The van der Waals surface area contributed by atoms with Crippen LogP contribution in [-0.2, 0) is 13.0 Å². The molecule has 0 N–H and O–H groups in total. The number of benzene rings is 1. The molecule has 1 atom stereocenters. The molecule has 2 aromatic rings. The van der Waals surface area contributed by atoms with Gasteiger partial charge in [0, 0.05) is 24.0 Å². The molecule has 0 bridgehead atoms. The van der Waals surface area contributed by atoms with Crippen LogP contribution in [0, 0.1) is 12.7 Å². The van der Waals surface area contributed by atoms with Crippen molar-refractivity contribution < 1.29 is 9.18 Å². The third-order valence-corrected chi connectivity index (χ3v) is 4.43. The van der Waals surface area contributed by atoms with Gasteiger partial charge in [-0.25, -0.2) is 4.39 Å². The Labute approximate surface area is 129 Å². The molecule has 0 saturated heterocycles. The second-order valence-electron chi connectivity index (χ2n) is 5.80. The maximum absolute atomic E-state index is 13.4. The van der Waals surface area contributed by atoms with Crippen molar-refractivity contribution in [2.45, 2.75) is 46.2 Å². The Morgan fingerprint density at radius 1 is 1.45 bits per heavy atom. The van der Waals surface area contributed by atoms with E-state index in [2.05, 4.69) is 5.10 Å². The van der Waals surface area contributed by atoms with Gasteiger partial charge >= 0.3 is 0 Å². The number of halogens is 1. The number of carbonyl (C=O) groups is 1. The molecule has 22 heavy (non-hydrogen) atoms.